The number of nitrogens with one attached hydrogen (secondary N) is 1. The molecule has 0 spiro atoms. The van der Waals surface area contributed by atoms with Crippen LogP contribution in [0.1, 0.15) is 27.0 Å². The number of pyridine rings is 1. The van der Waals surface area contributed by atoms with Gasteiger partial charge in [0.2, 0.25) is 0 Å². The molecule has 130 valence electrons. The highest BCUT2D eigenvalue weighted by Crippen LogP contribution is 2.18. The third-order valence-corrected chi connectivity index (χ3v) is 3.79. The van der Waals surface area contributed by atoms with Crippen LogP contribution in [0.4, 0.5) is 5.69 Å². The Kier molecular flexibility index (Phi) is 5.42. The van der Waals surface area contributed by atoms with Crippen molar-refractivity contribution in [3.8, 4) is 17.9 Å². The third kappa shape index (κ3) is 4.47. The van der Waals surface area contributed by atoms with Crippen LogP contribution in [0.25, 0.3) is 0 Å². The smallest absolute Gasteiger partial charge is 0.255 e. The Morgan fingerprint density at radius 2 is 1.67 bits per heavy atom. The minimum atomic E-state index is -0.215. The van der Waals surface area contributed by atoms with Crippen molar-refractivity contribution >= 4 is 11.6 Å². The van der Waals surface area contributed by atoms with Gasteiger partial charge in [-0.3, -0.25) is 9.78 Å². The molecule has 27 heavy (non-hydrogen) atoms. The van der Waals surface area contributed by atoms with E-state index in [1.54, 1.807) is 67.0 Å². The van der Waals surface area contributed by atoms with Crippen LogP contribution in [0.15, 0.2) is 67.0 Å². The van der Waals surface area contributed by atoms with E-state index in [0.29, 0.717) is 28.1 Å². The second-order valence-electron chi connectivity index (χ2n) is 5.61. The van der Waals surface area contributed by atoms with E-state index >= 15 is 0 Å². The van der Waals surface area contributed by atoms with Crippen LogP contribution in [0.2, 0.25) is 0 Å². The first-order valence-electron chi connectivity index (χ1n) is 8.07. The molecule has 6 heteroatoms. The predicted octanol–water partition coefficient (Wildman–Crippen LogP) is 3.66. The van der Waals surface area contributed by atoms with Crippen molar-refractivity contribution in [2.45, 2.75) is 6.61 Å². The highest BCUT2D eigenvalue weighted by molar-refractivity contribution is 6.04. The lowest BCUT2D eigenvalue weighted by molar-refractivity contribution is 0.102. The Hall–Kier alpha value is -4.16. The highest BCUT2D eigenvalue weighted by atomic mass is 16.5. The number of hydrogen-bond acceptors (Lipinski definition) is 5. The molecular weight excluding hydrogens is 340 g/mol. The summed E-state index contributed by atoms with van der Waals surface area (Å²) in [7, 11) is 0. The fraction of sp³-hybridized carbons (Fsp3) is 0.0476. The summed E-state index contributed by atoms with van der Waals surface area (Å²) in [5.74, 6) is 0.410. The molecule has 2 aromatic carbocycles. The Morgan fingerprint density at radius 1 is 0.963 bits per heavy atom. The number of nitriles is 2. The molecule has 6 nitrogen and oxygen atoms in total. The Bertz CT molecular complexity index is 1030. The van der Waals surface area contributed by atoms with Gasteiger partial charge >= 0.3 is 0 Å². The number of hydrogen-bond donors (Lipinski definition) is 1. The number of carbonyl (C=O) groups excluding carboxylic acids is 1. The van der Waals surface area contributed by atoms with Gasteiger partial charge in [-0.1, -0.05) is 6.07 Å². The first kappa shape index (κ1) is 17.7. The van der Waals surface area contributed by atoms with Gasteiger partial charge in [0.05, 0.1) is 11.1 Å². The molecule has 0 aliphatic carbocycles. The van der Waals surface area contributed by atoms with Crippen LogP contribution in [-0.2, 0) is 6.61 Å². The largest absolute Gasteiger partial charge is 0.489 e. The molecular formula is C21H14N4O2. The number of rotatable bonds is 5. The number of benzene rings is 2. The van der Waals surface area contributed by atoms with E-state index in [-0.39, 0.29) is 12.5 Å². The lowest BCUT2D eigenvalue weighted by Crippen LogP contribution is -2.11. The van der Waals surface area contributed by atoms with Gasteiger partial charge in [0, 0.05) is 23.6 Å². The number of amides is 1. The molecule has 0 atom stereocenters. The molecule has 0 radical (unpaired) electrons. The molecule has 1 amide bonds. The van der Waals surface area contributed by atoms with Crippen LogP contribution >= 0.6 is 0 Å². The molecule has 0 aliphatic heterocycles. The number of anilines is 1. The van der Waals surface area contributed by atoms with Crippen LogP contribution in [0, 0.1) is 22.7 Å². The van der Waals surface area contributed by atoms with Gasteiger partial charge in [-0.2, -0.15) is 10.5 Å². The second kappa shape index (κ2) is 8.28. The van der Waals surface area contributed by atoms with Crippen molar-refractivity contribution in [2.24, 2.45) is 0 Å². The van der Waals surface area contributed by atoms with E-state index in [1.807, 2.05) is 12.1 Å². The van der Waals surface area contributed by atoms with Gasteiger partial charge in [-0.15, -0.1) is 0 Å². The van der Waals surface area contributed by atoms with Crippen LogP contribution in [0.5, 0.6) is 5.75 Å². The van der Waals surface area contributed by atoms with E-state index in [2.05, 4.69) is 10.3 Å². The van der Waals surface area contributed by atoms with Crippen molar-refractivity contribution in [1.29, 1.82) is 10.5 Å². The van der Waals surface area contributed by atoms with E-state index in [1.165, 1.54) is 0 Å². The molecule has 1 aromatic heterocycles. The summed E-state index contributed by atoms with van der Waals surface area (Å²) in [4.78, 5) is 16.0. The maximum absolute atomic E-state index is 12.1. The lowest BCUT2D eigenvalue weighted by atomic mass is 10.1. The van der Waals surface area contributed by atoms with Gasteiger partial charge in [-0.25, -0.2) is 0 Å². The molecule has 0 saturated carbocycles. The summed E-state index contributed by atoms with van der Waals surface area (Å²) in [6.45, 7) is 0.267. The topological polar surface area (TPSA) is 98.8 Å². The summed E-state index contributed by atoms with van der Waals surface area (Å²) in [5, 5.41) is 20.8. The number of ether oxygens (including phenoxy) is 1. The highest BCUT2D eigenvalue weighted by Gasteiger charge is 2.06. The van der Waals surface area contributed by atoms with E-state index in [0.717, 1.165) is 5.56 Å². The first-order chi connectivity index (χ1) is 13.2. The number of aromatic nitrogens is 1. The van der Waals surface area contributed by atoms with Crippen molar-refractivity contribution in [1.82, 2.24) is 4.98 Å². The Morgan fingerprint density at radius 3 is 2.33 bits per heavy atom. The molecule has 0 unspecified atom stereocenters. The van der Waals surface area contributed by atoms with Gasteiger partial charge in [0.15, 0.2) is 0 Å². The average Bonchev–Trinajstić information content (AvgIpc) is 2.73. The van der Waals surface area contributed by atoms with E-state index in [9.17, 15) is 4.79 Å². The quantitative estimate of drug-likeness (QED) is 0.754. The van der Waals surface area contributed by atoms with Crippen LogP contribution in [0.3, 0.4) is 0 Å². The van der Waals surface area contributed by atoms with Crippen molar-refractivity contribution in [3.05, 3.63) is 89.2 Å². The van der Waals surface area contributed by atoms with Crippen molar-refractivity contribution in [2.75, 3.05) is 5.32 Å². The minimum absolute atomic E-state index is 0.215. The summed E-state index contributed by atoms with van der Waals surface area (Å²) in [5.41, 5.74) is 2.64. The van der Waals surface area contributed by atoms with Crippen LogP contribution < -0.4 is 10.1 Å². The fourth-order valence-corrected chi connectivity index (χ4v) is 2.38. The van der Waals surface area contributed by atoms with Gasteiger partial charge in [0.1, 0.15) is 24.5 Å². The molecule has 1 heterocycles. The maximum atomic E-state index is 12.1. The van der Waals surface area contributed by atoms with Crippen molar-refractivity contribution in [3.63, 3.8) is 0 Å². The molecule has 3 aromatic rings. The summed E-state index contributed by atoms with van der Waals surface area (Å²) in [6.07, 6.45) is 3.12. The molecule has 0 aliphatic rings. The number of nitrogens with zero attached hydrogens (tertiary/aromatic N) is 3. The van der Waals surface area contributed by atoms with Gasteiger partial charge < -0.3 is 10.1 Å². The minimum Gasteiger partial charge on any atom is -0.489 e. The average molecular weight is 354 g/mol. The molecule has 0 bridgehead atoms. The van der Waals surface area contributed by atoms with Gasteiger partial charge in [-0.05, 0) is 54.1 Å². The summed E-state index contributed by atoms with van der Waals surface area (Å²) in [6, 6.07) is 19.2. The first-order valence-corrected chi connectivity index (χ1v) is 8.07. The SMILES string of the molecule is N#Cc1ccc(COc2ccc(NC(=O)c3ccncc3)cc2)cc1C#N. The van der Waals surface area contributed by atoms with Gasteiger partial charge in [0.25, 0.3) is 5.91 Å². The summed E-state index contributed by atoms with van der Waals surface area (Å²) < 4.78 is 5.70. The Labute approximate surface area is 156 Å². The lowest BCUT2D eigenvalue weighted by Gasteiger charge is -2.09. The zero-order chi connectivity index (χ0) is 19.1. The third-order valence-electron chi connectivity index (χ3n) is 3.79. The van der Waals surface area contributed by atoms with E-state index in [4.69, 9.17) is 15.3 Å². The monoisotopic (exact) mass is 354 g/mol. The maximum Gasteiger partial charge on any atom is 0.255 e. The van der Waals surface area contributed by atoms with Crippen LogP contribution in [-0.4, -0.2) is 10.9 Å². The van der Waals surface area contributed by atoms with E-state index < -0.39 is 0 Å². The normalized spacial score (nSPS) is 9.70. The summed E-state index contributed by atoms with van der Waals surface area (Å²) >= 11 is 0. The fourth-order valence-electron chi connectivity index (χ4n) is 2.38. The molecule has 3 rings (SSSR count). The molecule has 1 N–H and O–H groups in total. The Balaban J connectivity index is 1.61. The zero-order valence-electron chi connectivity index (χ0n) is 14.2. The standard InChI is InChI=1S/C21H14N4O2/c22-12-17-2-1-15(11-18(17)13-23)14-27-20-5-3-19(4-6-20)25-21(26)16-7-9-24-10-8-16/h1-11H,14H2,(H,25,26). The van der Waals surface area contributed by atoms with Crippen molar-refractivity contribution < 1.29 is 9.53 Å². The molecule has 0 fully saturated rings. The number of carbonyl (C=O) groups is 1. The second-order valence-corrected chi connectivity index (χ2v) is 5.61. The zero-order valence-corrected chi connectivity index (χ0v) is 14.2. The predicted molar refractivity (Wildman–Crippen MR) is 98.8 cm³/mol. The molecule has 0 saturated heterocycles.